The average molecular weight is 345 g/mol. The number of aromatic nitrogens is 1. The lowest BCUT2D eigenvalue weighted by Gasteiger charge is -2.47. The van der Waals surface area contributed by atoms with Gasteiger partial charge >= 0.3 is 0 Å². The minimum absolute atomic E-state index is 0.0323. The molecule has 0 bridgehead atoms. The van der Waals surface area contributed by atoms with Gasteiger partial charge in [-0.25, -0.2) is 4.98 Å². The van der Waals surface area contributed by atoms with Gasteiger partial charge in [0.25, 0.3) is 5.91 Å². The van der Waals surface area contributed by atoms with Gasteiger partial charge in [-0.1, -0.05) is 6.42 Å². The van der Waals surface area contributed by atoms with E-state index in [0.717, 1.165) is 32.2 Å². The summed E-state index contributed by atoms with van der Waals surface area (Å²) in [6.45, 7) is 3.49. The van der Waals surface area contributed by atoms with E-state index in [1.165, 1.54) is 0 Å². The first-order chi connectivity index (χ1) is 12.0. The molecule has 1 aromatic rings. The van der Waals surface area contributed by atoms with Crippen LogP contribution in [0.5, 0.6) is 5.88 Å². The summed E-state index contributed by atoms with van der Waals surface area (Å²) in [6, 6.07) is 3.72. The number of carbonyl (C=O) groups excluding carboxylic acids is 2. The minimum atomic E-state index is -0.0323. The number of carbonyl (C=O) groups is 2. The van der Waals surface area contributed by atoms with E-state index >= 15 is 0 Å². The summed E-state index contributed by atoms with van der Waals surface area (Å²) >= 11 is 0. The van der Waals surface area contributed by atoms with E-state index in [9.17, 15) is 9.59 Å². The molecule has 6 heteroatoms. The van der Waals surface area contributed by atoms with Crippen molar-refractivity contribution in [1.82, 2.24) is 14.8 Å². The summed E-state index contributed by atoms with van der Waals surface area (Å²) in [7, 11) is 3.41. The molecule has 0 spiro atoms. The highest BCUT2D eigenvalue weighted by Crippen LogP contribution is 2.48. The molecule has 3 rings (SSSR count). The molecule has 6 nitrogen and oxygen atoms in total. The van der Waals surface area contributed by atoms with Gasteiger partial charge in [0.05, 0.1) is 12.7 Å². The molecule has 1 saturated heterocycles. The van der Waals surface area contributed by atoms with Crippen molar-refractivity contribution in [3.05, 3.63) is 23.9 Å². The molecule has 2 heterocycles. The standard InChI is InChI=1S/C19H27N3O3/c1-4-22-15-6-5-10-19(15,11-9-17(22)23)13-21(2)18(24)14-7-8-16(25-3)20-12-14/h7-8,12,15H,4-6,9-11,13H2,1-3H3. The Balaban J connectivity index is 1.75. The lowest BCUT2D eigenvalue weighted by Crippen LogP contribution is -2.56. The number of fused-ring (bicyclic) bond motifs is 1. The fraction of sp³-hybridized carbons (Fsp3) is 0.632. The maximum absolute atomic E-state index is 12.8. The topological polar surface area (TPSA) is 62.7 Å². The van der Waals surface area contributed by atoms with Gasteiger partial charge in [-0.05, 0) is 32.3 Å². The van der Waals surface area contributed by atoms with Crippen molar-refractivity contribution >= 4 is 11.8 Å². The highest BCUT2D eigenvalue weighted by Gasteiger charge is 2.50. The van der Waals surface area contributed by atoms with Crippen LogP contribution < -0.4 is 4.74 Å². The summed E-state index contributed by atoms with van der Waals surface area (Å²) in [5.41, 5.74) is 0.599. The first-order valence-electron chi connectivity index (χ1n) is 9.06. The van der Waals surface area contributed by atoms with Gasteiger partial charge in [-0.3, -0.25) is 9.59 Å². The molecule has 25 heavy (non-hydrogen) atoms. The Morgan fingerprint density at radius 2 is 2.24 bits per heavy atom. The van der Waals surface area contributed by atoms with Crippen molar-refractivity contribution in [2.45, 2.75) is 45.1 Å². The van der Waals surface area contributed by atoms with Crippen LogP contribution in [0.1, 0.15) is 49.4 Å². The van der Waals surface area contributed by atoms with Gasteiger partial charge in [0.2, 0.25) is 11.8 Å². The van der Waals surface area contributed by atoms with Crippen molar-refractivity contribution in [2.24, 2.45) is 5.41 Å². The molecular formula is C19H27N3O3. The number of nitrogens with zero attached hydrogens (tertiary/aromatic N) is 3. The van der Waals surface area contributed by atoms with Crippen LogP contribution in [0, 0.1) is 5.41 Å². The molecule has 2 amide bonds. The number of piperidine rings is 1. The third-order valence-electron chi connectivity index (χ3n) is 5.82. The number of amides is 2. The molecule has 1 saturated carbocycles. The molecule has 0 aromatic carbocycles. The molecule has 1 aliphatic heterocycles. The second-order valence-electron chi connectivity index (χ2n) is 7.20. The smallest absolute Gasteiger partial charge is 0.255 e. The fourth-order valence-electron chi connectivity index (χ4n) is 4.62. The van der Waals surface area contributed by atoms with Crippen LogP contribution in [-0.4, -0.2) is 59.9 Å². The largest absolute Gasteiger partial charge is 0.481 e. The lowest BCUT2D eigenvalue weighted by atomic mass is 9.74. The maximum Gasteiger partial charge on any atom is 0.255 e. The molecule has 0 radical (unpaired) electrons. The van der Waals surface area contributed by atoms with Gasteiger partial charge in [0, 0.05) is 50.3 Å². The van der Waals surface area contributed by atoms with E-state index in [-0.39, 0.29) is 23.3 Å². The molecule has 0 N–H and O–H groups in total. The zero-order valence-electron chi connectivity index (χ0n) is 15.3. The lowest BCUT2D eigenvalue weighted by molar-refractivity contribution is -0.141. The van der Waals surface area contributed by atoms with Crippen molar-refractivity contribution in [3.63, 3.8) is 0 Å². The Morgan fingerprint density at radius 3 is 2.88 bits per heavy atom. The van der Waals surface area contributed by atoms with Crippen LogP contribution in [0.15, 0.2) is 18.3 Å². The number of hydrogen-bond donors (Lipinski definition) is 0. The second kappa shape index (κ2) is 7.02. The highest BCUT2D eigenvalue weighted by atomic mass is 16.5. The van der Waals surface area contributed by atoms with E-state index < -0.39 is 0 Å². The molecule has 1 aromatic heterocycles. The predicted octanol–water partition coefficient (Wildman–Crippen LogP) is 2.34. The van der Waals surface area contributed by atoms with Gasteiger partial charge in [-0.2, -0.15) is 0 Å². The summed E-state index contributed by atoms with van der Waals surface area (Å²) in [6.07, 6.45) is 6.29. The number of rotatable bonds is 5. The number of methoxy groups -OCH3 is 1. The van der Waals surface area contributed by atoms with Crippen molar-refractivity contribution in [2.75, 3.05) is 27.2 Å². The molecule has 2 atom stereocenters. The summed E-state index contributed by atoms with van der Waals surface area (Å²) in [5, 5.41) is 0. The first kappa shape index (κ1) is 17.7. The van der Waals surface area contributed by atoms with Gasteiger partial charge < -0.3 is 14.5 Å². The van der Waals surface area contributed by atoms with E-state index in [2.05, 4.69) is 4.98 Å². The summed E-state index contributed by atoms with van der Waals surface area (Å²) in [5.74, 6) is 0.728. The van der Waals surface area contributed by atoms with Crippen molar-refractivity contribution < 1.29 is 14.3 Å². The maximum atomic E-state index is 12.8. The van der Waals surface area contributed by atoms with Crippen LogP contribution in [0.2, 0.25) is 0 Å². The van der Waals surface area contributed by atoms with Gasteiger partial charge in [0.15, 0.2) is 0 Å². The zero-order valence-corrected chi connectivity index (χ0v) is 15.3. The van der Waals surface area contributed by atoms with Gasteiger partial charge in [-0.15, -0.1) is 0 Å². The molecule has 1 aliphatic carbocycles. The predicted molar refractivity (Wildman–Crippen MR) is 94.4 cm³/mol. The Kier molecular flexibility index (Phi) is 4.97. The number of pyridine rings is 1. The van der Waals surface area contributed by atoms with Crippen LogP contribution >= 0.6 is 0 Å². The third kappa shape index (κ3) is 3.22. The third-order valence-corrected chi connectivity index (χ3v) is 5.82. The average Bonchev–Trinajstić information content (AvgIpc) is 3.05. The molecule has 2 fully saturated rings. The fourth-order valence-corrected chi connectivity index (χ4v) is 4.62. The van der Waals surface area contributed by atoms with Crippen molar-refractivity contribution in [3.8, 4) is 5.88 Å². The molecule has 2 aliphatic rings. The summed E-state index contributed by atoms with van der Waals surface area (Å²) in [4.78, 5) is 33.0. The SMILES string of the molecule is CCN1C(=O)CCC2(CN(C)C(=O)c3ccc(OC)nc3)CCCC12. The van der Waals surface area contributed by atoms with E-state index in [4.69, 9.17) is 4.74 Å². The first-order valence-corrected chi connectivity index (χ1v) is 9.06. The van der Waals surface area contributed by atoms with Gasteiger partial charge in [0.1, 0.15) is 0 Å². The van der Waals surface area contributed by atoms with Crippen molar-refractivity contribution in [1.29, 1.82) is 0 Å². The van der Waals surface area contributed by atoms with Crippen LogP contribution in [0.25, 0.3) is 0 Å². The molecule has 136 valence electrons. The quantitative estimate of drug-likeness (QED) is 0.822. The Labute approximate surface area is 149 Å². The Bertz CT molecular complexity index is 646. The monoisotopic (exact) mass is 345 g/mol. The highest BCUT2D eigenvalue weighted by molar-refractivity contribution is 5.93. The van der Waals surface area contributed by atoms with E-state index in [0.29, 0.717) is 24.4 Å². The molecular weight excluding hydrogens is 318 g/mol. The number of hydrogen-bond acceptors (Lipinski definition) is 4. The molecule has 2 unspecified atom stereocenters. The number of ether oxygens (including phenoxy) is 1. The Morgan fingerprint density at radius 1 is 1.44 bits per heavy atom. The summed E-state index contributed by atoms with van der Waals surface area (Å²) < 4.78 is 5.05. The van der Waals surface area contributed by atoms with Crippen LogP contribution in [-0.2, 0) is 4.79 Å². The van der Waals surface area contributed by atoms with Crippen LogP contribution in [0.4, 0.5) is 0 Å². The second-order valence-corrected chi connectivity index (χ2v) is 7.20. The van der Waals surface area contributed by atoms with E-state index in [1.807, 2.05) is 18.9 Å². The Hall–Kier alpha value is -2.11. The minimum Gasteiger partial charge on any atom is -0.481 e. The zero-order chi connectivity index (χ0) is 18.0. The van der Waals surface area contributed by atoms with E-state index in [1.54, 1.807) is 30.3 Å². The number of likely N-dealkylation sites (tertiary alicyclic amines) is 1. The normalized spacial score (nSPS) is 25.6. The van der Waals surface area contributed by atoms with Crippen LogP contribution in [0.3, 0.4) is 0 Å².